The van der Waals surface area contributed by atoms with Gasteiger partial charge in [0.25, 0.3) is 10.0 Å². The molecular formula is C30H36N2O7S. The number of hydrogen-bond acceptors (Lipinski definition) is 7. The maximum atomic E-state index is 14.1. The van der Waals surface area contributed by atoms with Crippen LogP contribution in [0.25, 0.3) is 0 Å². The van der Waals surface area contributed by atoms with Crippen LogP contribution in [0.5, 0.6) is 23.0 Å². The number of anilines is 1. The third-order valence-electron chi connectivity index (χ3n) is 7.13. The molecule has 1 amide bonds. The second kappa shape index (κ2) is 12.5. The Morgan fingerprint density at radius 1 is 0.825 bits per heavy atom. The predicted molar refractivity (Wildman–Crippen MR) is 153 cm³/mol. The summed E-state index contributed by atoms with van der Waals surface area (Å²) in [4.78, 5) is 13.3. The summed E-state index contributed by atoms with van der Waals surface area (Å²) in [6.07, 6.45) is 4.44. The van der Waals surface area contributed by atoms with Gasteiger partial charge in [0.2, 0.25) is 5.91 Å². The zero-order chi connectivity index (χ0) is 28.9. The molecule has 0 radical (unpaired) electrons. The topological polar surface area (TPSA) is 103 Å². The lowest BCUT2D eigenvalue weighted by Gasteiger charge is -2.27. The normalized spacial score (nSPS) is 13.5. The van der Waals surface area contributed by atoms with E-state index in [4.69, 9.17) is 18.9 Å². The minimum atomic E-state index is -4.28. The van der Waals surface area contributed by atoms with Gasteiger partial charge in [-0.1, -0.05) is 18.2 Å². The molecule has 40 heavy (non-hydrogen) atoms. The molecule has 0 saturated heterocycles. The molecule has 0 unspecified atom stereocenters. The van der Waals surface area contributed by atoms with Crippen LogP contribution in [0.3, 0.4) is 0 Å². The lowest BCUT2D eigenvalue weighted by molar-refractivity contribution is -0.120. The van der Waals surface area contributed by atoms with Crippen molar-refractivity contribution in [2.75, 3.05) is 39.3 Å². The highest BCUT2D eigenvalue weighted by Crippen LogP contribution is 2.37. The van der Waals surface area contributed by atoms with Gasteiger partial charge in [0.1, 0.15) is 18.0 Å². The van der Waals surface area contributed by atoms with Crippen molar-refractivity contribution in [3.05, 3.63) is 71.3 Å². The molecule has 0 aromatic heterocycles. The molecule has 1 atom stereocenters. The smallest absolute Gasteiger partial charge is 0.265 e. The van der Waals surface area contributed by atoms with Crippen molar-refractivity contribution in [3.63, 3.8) is 0 Å². The maximum absolute atomic E-state index is 14.1. The zero-order valence-electron chi connectivity index (χ0n) is 23.5. The van der Waals surface area contributed by atoms with Gasteiger partial charge in [0.15, 0.2) is 11.5 Å². The van der Waals surface area contributed by atoms with Crippen molar-refractivity contribution in [3.8, 4) is 23.0 Å². The number of ether oxygens (including phenoxy) is 4. The van der Waals surface area contributed by atoms with Gasteiger partial charge >= 0.3 is 0 Å². The van der Waals surface area contributed by atoms with Crippen LogP contribution in [-0.2, 0) is 27.7 Å². The molecule has 0 bridgehead atoms. The molecule has 10 heteroatoms. The number of nitrogens with zero attached hydrogens (tertiary/aromatic N) is 1. The summed E-state index contributed by atoms with van der Waals surface area (Å²) in [5.41, 5.74) is 3.80. The first-order valence-corrected chi connectivity index (χ1v) is 14.5. The molecule has 1 aliphatic carbocycles. The molecule has 9 nitrogen and oxygen atoms in total. The number of amides is 1. The molecule has 4 rings (SSSR count). The van der Waals surface area contributed by atoms with E-state index in [2.05, 4.69) is 17.4 Å². The van der Waals surface area contributed by atoms with Crippen molar-refractivity contribution in [1.82, 2.24) is 5.32 Å². The molecule has 0 saturated carbocycles. The van der Waals surface area contributed by atoms with Crippen LogP contribution >= 0.6 is 0 Å². The van der Waals surface area contributed by atoms with E-state index >= 15 is 0 Å². The first kappa shape index (κ1) is 29.1. The highest BCUT2D eigenvalue weighted by Gasteiger charge is 2.31. The average molecular weight is 569 g/mol. The Kier molecular flexibility index (Phi) is 9.09. The maximum Gasteiger partial charge on any atom is 0.265 e. The van der Waals surface area contributed by atoms with E-state index in [0.717, 1.165) is 29.1 Å². The summed E-state index contributed by atoms with van der Waals surface area (Å²) in [6.45, 7) is 1.40. The molecule has 3 aromatic rings. The number of rotatable bonds is 11. The fraction of sp³-hybridized carbons (Fsp3) is 0.367. The molecule has 0 aliphatic heterocycles. The number of methoxy groups -OCH3 is 4. The van der Waals surface area contributed by atoms with Crippen molar-refractivity contribution < 1.29 is 32.2 Å². The van der Waals surface area contributed by atoms with Crippen molar-refractivity contribution in [2.45, 2.75) is 43.5 Å². The van der Waals surface area contributed by atoms with Gasteiger partial charge in [0.05, 0.1) is 45.1 Å². The summed E-state index contributed by atoms with van der Waals surface area (Å²) in [5.74, 6) is 0.820. The SMILES string of the molecule is COc1ccc(OC)c(N(CC(=O)N[C@@H](C)c2ccc3c(c2)CCCC3)S(=O)(=O)c2ccc(OC)c(OC)c2)c1. The van der Waals surface area contributed by atoms with E-state index in [-0.39, 0.29) is 28.1 Å². The summed E-state index contributed by atoms with van der Waals surface area (Å²) < 4.78 is 50.6. The number of nitrogens with one attached hydrogen (secondary N) is 1. The third kappa shape index (κ3) is 6.12. The monoisotopic (exact) mass is 568 g/mol. The Morgan fingerprint density at radius 3 is 2.17 bits per heavy atom. The Balaban J connectivity index is 1.69. The molecule has 3 aromatic carbocycles. The van der Waals surface area contributed by atoms with E-state index in [1.807, 2.05) is 13.0 Å². The van der Waals surface area contributed by atoms with E-state index in [1.165, 1.54) is 70.3 Å². The second-order valence-electron chi connectivity index (χ2n) is 9.59. The number of fused-ring (bicyclic) bond motifs is 1. The lowest BCUT2D eigenvalue weighted by atomic mass is 9.89. The first-order chi connectivity index (χ1) is 19.2. The quantitative estimate of drug-likeness (QED) is 0.359. The van der Waals surface area contributed by atoms with E-state index < -0.39 is 22.5 Å². The van der Waals surface area contributed by atoms with E-state index in [9.17, 15) is 13.2 Å². The minimum Gasteiger partial charge on any atom is -0.497 e. The van der Waals surface area contributed by atoms with Crippen LogP contribution < -0.4 is 28.6 Å². The number of benzene rings is 3. The van der Waals surface area contributed by atoms with Crippen molar-refractivity contribution >= 4 is 21.6 Å². The highest BCUT2D eigenvalue weighted by molar-refractivity contribution is 7.92. The van der Waals surface area contributed by atoms with Gasteiger partial charge < -0.3 is 24.3 Å². The van der Waals surface area contributed by atoms with Gasteiger partial charge in [-0.05, 0) is 73.6 Å². The summed E-state index contributed by atoms with van der Waals surface area (Å²) in [5, 5.41) is 2.97. The summed E-state index contributed by atoms with van der Waals surface area (Å²) >= 11 is 0. The van der Waals surface area contributed by atoms with E-state index in [1.54, 1.807) is 12.1 Å². The lowest BCUT2D eigenvalue weighted by Crippen LogP contribution is -2.41. The third-order valence-corrected chi connectivity index (χ3v) is 8.89. The van der Waals surface area contributed by atoms with Gasteiger partial charge in [-0.3, -0.25) is 9.10 Å². The van der Waals surface area contributed by atoms with Crippen LogP contribution in [0.1, 0.15) is 42.5 Å². The Bertz CT molecular complexity index is 1470. The molecule has 1 N–H and O–H groups in total. The number of carbonyl (C=O) groups excluding carboxylic acids is 1. The van der Waals surface area contributed by atoms with Crippen LogP contribution in [0.15, 0.2) is 59.5 Å². The number of hydrogen-bond donors (Lipinski definition) is 1. The van der Waals surface area contributed by atoms with E-state index in [0.29, 0.717) is 11.5 Å². The Labute approximate surface area is 236 Å². The van der Waals surface area contributed by atoms with Gasteiger partial charge in [-0.25, -0.2) is 8.42 Å². The Hall–Kier alpha value is -3.92. The zero-order valence-corrected chi connectivity index (χ0v) is 24.3. The fourth-order valence-corrected chi connectivity index (χ4v) is 6.36. The van der Waals surface area contributed by atoms with Crippen LogP contribution in [-0.4, -0.2) is 49.3 Å². The standard InChI is InChI=1S/C30H36N2O7S/c1-20(22-11-10-21-8-6-7-9-23(21)16-22)31-30(33)19-32(26-17-24(36-2)12-14-27(26)37-3)40(34,35)25-13-15-28(38-4)29(18-25)39-5/h10-18,20H,6-9,19H2,1-5H3,(H,31,33)/t20-/m0/s1. The molecular weight excluding hydrogens is 532 g/mol. The van der Waals surface area contributed by atoms with Gasteiger partial charge in [-0.2, -0.15) is 0 Å². The van der Waals surface area contributed by atoms with Crippen LogP contribution in [0.2, 0.25) is 0 Å². The van der Waals surface area contributed by atoms with Crippen molar-refractivity contribution in [1.29, 1.82) is 0 Å². The average Bonchev–Trinajstić information content (AvgIpc) is 2.98. The molecule has 1 aliphatic rings. The predicted octanol–water partition coefficient (Wildman–Crippen LogP) is 4.67. The Morgan fingerprint density at radius 2 is 1.50 bits per heavy atom. The molecule has 0 fully saturated rings. The largest absolute Gasteiger partial charge is 0.497 e. The number of carbonyl (C=O) groups is 1. The van der Waals surface area contributed by atoms with Gasteiger partial charge in [0, 0.05) is 12.1 Å². The highest BCUT2D eigenvalue weighted by atomic mass is 32.2. The molecule has 214 valence electrons. The molecule has 0 heterocycles. The summed E-state index contributed by atoms with van der Waals surface area (Å²) in [7, 11) is 1.53. The van der Waals surface area contributed by atoms with Crippen LogP contribution in [0, 0.1) is 0 Å². The second-order valence-corrected chi connectivity index (χ2v) is 11.5. The summed E-state index contributed by atoms with van der Waals surface area (Å²) in [6, 6.07) is 15.0. The van der Waals surface area contributed by atoms with Crippen LogP contribution in [0.4, 0.5) is 5.69 Å². The minimum absolute atomic E-state index is 0.0782. The number of aryl methyl sites for hydroxylation is 2. The first-order valence-electron chi connectivity index (χ1n) is 13.1. The molecule has 0 spiro atoms. The fourth-order valence-electron chi connectivity index (χ4n) is 4.92. The van der Waals surface area contributed by atoms with Gasteiger partial charge in [-0.15, -0.1) is 0 Å². The number of sulfonamides is 1. The van der Waals surface area contributed by atoms with Crippen molar-refractivity contribution in [2.24, 2.45) is 0 Å².